The van der Waals surface area contributed by atoms with Gasteiger partial charge in [-0.05, 0) is 126 Å². The maximum atomic E-state index is 14.7. The van der Waals surface area contributed by atoms with Crippen molar-refractivity contribution in [1.29, 1.82) is 0 Å². The molecule has 2 aromatic rings. The van der Waals surface area contributed by atoms with Crippen LogP contribution in [0.5, 0.6) is 0 Å². The Bertz CT molecular complexity index is 3350. The summed E-state index contributed by atoms with van der Waals surface area (Å²) in [5.74, 6) is -8.30. The zero-order valence-electron chi connectivity index (χ0n) is 66.3. The fourth-order valence-corrected chi connectivity index (χ4v) is 16.1. The molecule has 3 fully saturated rings. The lowest BCUT2D eigenvalue weighted by molar-refractivity contribution is -0.208. The number of hydrogen-bond acceptors (Lipinski definition) is 18. The molecule has 0 saturated carbocycles. The van der Waals surface area contributed by atoms with Crippen molar-refractivity contribution in [3.05, 3.63) is 83.4 Å². The second-order valence-corrected chi connectivity index (χ2v) is 31.8. The quantitative estimate of drug-likeness (QED) is 0.0309. The molecule has 4 heterocycles. The van der Waals surface area contributed by atoms with Crippen molar-refractivity contribution in [2.45, 2.75) is 246 Å². The van der Waals surface area contributed by atoms with E-state index in [-0.39, 0.29) is 153 Å². The number of nitrogens with two attached hydrogens (primary N) is 1. The Morgan fingerprint density at radius 1 is 0.692 bits per heavy atom. The standard InChI is InChI=1S/C82H124N8O17/c1-17-51(8)71(53(10)74(99)58(48(2)3)45-64(93)73(50(6)7)88(13)14)66(103-15)47-70(98)89-41-25-29-61(89)75(104-16)52(9)62(91)44-57(42-55-26-20-18-21-27-55)78(100)84-39-37-54-31-33-56(34-32-54)43-63(92)60(28-24-38-85-81(83)102)86-79(101)59(49(4)5)46-65(94)76-72(77-80(105-76)107-82(11,12)106-77)87-67(95)30-22-19-23-40-90-68(96)35-36-69(90)97/h18,20-21,26-27,31-36,48-53,57-61,66,71-73,75-77,80H,17,19,22-25,28-30,37-47H2,1-16H3,(H,84,100)(H,86,101)(H,87,95)(H3,83,85,102)/t51?,52?,53?,57-,58+,59-,60?,61?,66?,71?,72?,73?,75?,76?,77?,80?/m1/s1. The van der Waals surface area contributed by atoms with E-state index in [1.54, 1.807) is 65.9 Å². The summed E-state index contributed by atoms with van der Waals surface area (Å²) in [7, 11) is 6.91. The fourth-order valence-electron chi connectivity index (χ4n) is 16.1. The summed E-state index contributed by atoms with van der Waals surface area (Å²) in [5.41, 5.74) is 7.73. The normalized spacial score (nSPS) is 21.5. The van der Waals surface area contributed by atoms with Crippen molar-refractivity contribution in [3.8, 4) is 0 Å². The molecule has 16 atom stereocenters. The summed E-state index contributed by atoms with van der Waals surface area (Å²) in [5, 5.41) is 11.4. The van der Waals surface area contributed by atoms with Gasteiger partial charge in [-0.25, -0.2) is 4.79 Å². The molecule has 6 rings (SSSR count). The molecule has 25 nitrogen and oxygen atoms in total. The Labute approximate surface area is 634 Å². The molecular weight excluding hydrogens is 1370 g/mol. The summed E-state index contributed by atoms with van der Waals surface area (Å²) in [6.45, 7) is 23.8. The number of nitrogens with one attached hydrogen (secondary N) is 4. The highest BCUT2D eigenvalue weighted by molar-refractivity contribution is 6.12. The summed E-state index contributed by atoms with van der Waals surface area (Å²) in [4.78, 5) is 169. The number of fused-ring (bicyclic) bond motifs is 1. The van der Waals surface area contributed by atoms with Crippen LogP contribution in [0.4, 0.5) is 4.79 Å². The van der Waals surface area contributed by atoms with Gasteiger partial charge < -0.3 is 55.6 Å². The van der Waals surface area contributed by atoms with Gasteiger partial charge >= 0.3 is 6.03 Å². The number of unbranched alkanes of at least 4 members (excludes halogenated alkanes) is 2. The molecule has 2 aromatic carbocycles. The molecule has 0 aromatic heterocycles. The van der Waals surface area contributed by atoms with Gasteiger partial charge in [0.15, 0.2) is 29.4 Å². The van der Waals surface area contributed by atoms with Gasteiger partial charge in [0.05, 0.1) is 42.8 Å². The minimum atomic E-state index is -1.24. The lowest BCUT2D eigenvalue weighted by atomic mass is 9.70. The van der Waals surface area contributed by atoms with Crippen molar-refractivity contribution >= 4 is 70.4 Å². The molecular formula is C82H124N8O17. The van der Waals surface area contributed by atoms with Crippen LogP contribution in [0.15, 0.2) is 66.7 Å². The van der Waals surface area contributed by atoms with E-state index in [2.05, 4.69) is 35.1 Å². The Morgan fingerprint density at radius 3 is 1.94 bits per heavy atom. The molecule has 3 saturated heterocycles. The van der Waals surface area contributed by atoms with Gasteiger partial charge in [0.2, 0.25) is 23.6 Å². The number of nitrogens with zero attached hydrogens (tertiary/aromatic N) is 3. The number of amides is 8. The third kappa shape index (κ3) is 25.3. The highest BCUT2D eigenvalue weighted by Gasteiger charge is 2.57. The Hall–Kier alpha value is -7.42. The third-order valence-corrected chi connectivity index (χ3v) is 22.2. The van der Waals surface area contributed by atoms with Crippen LogP contribution >= 0.6 is 0 Å². The van der Waals surface area contributed by atoms with Crippen LogP contribution < -0.4 is 27.0 Å². The molecule has 6 N–H and O–H groups in total. The van der Waals surface area contributed by atoms with Gasteiger partial charge in [-0.1, -0.05) is 137 Å². The van der Waals surface area contributed by atoms with Crippen molar-refractivity contribution in [2.24, 2.45) is 64.9 Å². The number of imide groups is 1. The second-order valence-electron chi connectivity index (χ2n) is 31.8. The van der Waals surface area contributed by atoms with Crippen LogP contribution in [0, 0.1) is 59.2 Å². The van der Waals surface area contributed by atoms with Crippen molar-refractivity contribution < 1.29 is 81.2 Å². The Balaban J connectivity index is 1.06. The summed E-state index contributed by atoms with van der Waals surface area (Å²) >= 11 is 0. The number of benzene rings is 2. The van der Waals surface area contributed by atoms with E-state index < -0.39 is 108 Å². The smallest absolute Gasteiger partial charge is 0.312 e. The van der Waals surface area contributed by atoms with Gasteiger partial charge in [0.1, 0.15) is 23.8 Å². The van der Waals surface area contributed by atoms with Gasteiger partial charge in [0, 0.05) is 114 Å². The number of likely N-dealkylation sites (tertiary alicyclic amines) is 1. The molecule has 8 amide bonds. The first-order valence-corrected chi connectivity index (χ1v) is 38.8. The number of methoxy groups -OCH3 is 2. The maximum Gasteiger partial charge on any atom is 0.312 e. The molecule has 0 aliphatic carbocycles. The topological polar surface area (TPSA) is 335 Å². The van der Waals surface area contributed by atoms with E-state index in [1.165, 1.54) is 12.2 Å². The predicted octanol–water partition coefficient (Wildman–Crippen LogP) is 8.02. The molecule has 0 radical (unpaired) electrons. The number of primary amides is 1. The summed E-state index contributed by atoms with van der Waals surface area (Å²) in [6, 6.07) is 13.3. The number of ketones is 5. The zero-order chi connectivity index (χ0) is 79.1. The van der Waals surface area contributed by atoms with Crippen LogP contribution in [0.25, 0.3) is 0 Å². The lowest BCUT2D eigenvalue weighted by Gasteiger charge is -2.38. The number of rotatable bonds is 47. The predicted molar refractivity (Wildman–Crippen MR) is 404 cm³/mol. The SMILES string of the molecule is CCC(C)C(C(CC(=O)N1CCCC1C(OC)C(C)C(=O)C[C@@H](Cc1ccccc1)C(=O)NCCc1ccc(CC(=O)C(CCCNC(N)=O)NC(=O)[C@H](CC(=O)C2OC3OC(C)(C)OC3C2NC(=O)CCCCCN2C(=O)C=CC2=O)C(C)C)cc1)OC)C(C)C(=O)[C@@H](CC(=O)C(C(C)C)N(C)C)C(C)C. The number of urea groups is 1. The van der Waals surface area contributed by atoms with Crippen molar-refractivity contribution in [2.75, 3.05) is 54.5 Å². The van der Waals surface area contributed by atoms with Crippen molar-refractivity contribution in [3.63, 3.8) is 0 Å². The monoisotopic (exact) mass is 1490 g/mol. The number of likely N-dealkylation sites (N-methyl/N-ethyl adjacent to an activating group) is 1. The largest absolute Gasteiger partial charge is 0.381 e. The Kier molecular flexibility index (Phi) is 34.7. The van der Waals surface area contributed by atoms with Gasteiger partial charge in [0.25, 0.3) is 11.8 Å². The van der Waals surface area contributed by atoms with E-state index >= 15 is 0 Å². The molecule has 594 valence electrons. The highest BCUT2D eigenvalue weighted by Crippen LogP contribution is 2.40. The van der Waals surface area contributed by atoms with Crippen LogP contribution in [0.2, 0.25) is 0 Å². The summed E-state index contributed by atoms with van der Waals surface area (Å²) in [6.07, 6.45) is 2.47. The van der Waals surface area contributed by atoms with Gasteiger partial charge in [-0.2, -0.15) is 0 Å². The number of hydrogen-bond donors (Lipinski definition) is 5. The van der Waals surface area contributed by atoms with E-state index in [4.69, 9.17) is 29.4 Å². The lowest BCUT2D eigenvalue weighted by Crippen LogP contribution is -2.51. The van der Waals surface area contributed by atoms with E-state index in [0.717, 1.165) is 22.4 Å². The van der Waals surface area contributed by atoms with Crippen LogP contribution in [0.1, 0.15) is 183 Å². The molecule has 0 spiro atoms. The van der Waals surface area contributed by atoms with Gasteiger partial charge in [-0.3, -0.25) is 62.5 Å². The van der Waals surface area contributed by atoms with E-state index in [9.17, 15) is 57.5 Å². The number of Topliss-reactive ketones (excluding diaryl/α,β-unsaturated/α-hetero) is 5. The average molecular weight is 1490 g/mol. The molecule has 107 heavy (non-hydrogen) atoms. The number of carbonyl (C=O) groups excluding carboxylic acids is 12. The summed E-state index contributed by atoms with van der Waals surface area (Å²) < 4.78 is 30.6. The average Bonchev–Trinajstić information content (AvgIpc) is 1.61. The first-order chi connectivity index (χ1) is 50.6. The van der Waals surface area contributed by atoms with Crippen molar-refractivity contribution in [1.82, 2.24) is 36.0 Å². The first kappa shape index (κ1) is 88.5. The molecule has 4 aliphatic heterocycles. The van der Waals surface area contributed by atoms with Gasteiger partial charge in [-0.15, -0.1) is 0 Å². The van der Waals surface area contributed by atoms with Crippen LogP contribution in [-0.4, -0.2) is 200 Å². The molecule has 25 heteroatoms. The van der Waals surface area contributed by atoms with Crippen LogP contribution in [0.3, 0.4) is 0 Å². The molecule has 0 bridgehead atoms. The minimum absolute atomic E-state index is 0.000409. The molecule has 4 aliphatic rings. The zero-order valence-corrected chi connectivity index (χ0v) is 66.3. The molecule has 13 unspecified atom stereocenters. The second kappa shape index (κ2) is 42.0. The number of ether oxygens (including phenoxy) is 5. The third-order valence-electron chi connectivity index (χ3n) is 22.2. The maximum absolute atomic E-state index is 14.7. The minimum Gasteiger partial charge on any atom is -0.381 e. The highest BCUT2D eigenvalue weighted by atomic mass is 16.8. The Morgan fingerprint density at radius 2 is 1.35 bits per heavy atom. The van der Waals surface area contributed by atoms with E-state index in [1.807, 2.05) is 96.1 Å². The first-order valence-electron chi connectivity index (χ1n) is 38.8. The fraction of sp³-hybridized carbons (Fsp3) is 0.683. The number of carbonyl (C=O) groups is 12. The van der Waals surface area contributed by atoms with E-state index in [0.29, 0.717) is 57.1 Å². The van der Waals surface area contributed by atoms with Crippen LogP contribution in [-0.2, 0) is 95.7 Å².